The number of carboxylic acids is 1. The average Bonchev–Trinajstić information content (AvgIpc) is 2.91. The molecule has 0 heterocycles. The van der Waals surface area contributed by atoms with Gasteiger partial charge in [-0.15, -0.1) is 0 Å². The van der Waals surface area contributed by atoms with E-state index in [1.165, 1.54) is 18.9 Å². The van der Waals surface area contributed by atoms with Crippen molar-refractivity contribution >= 4 is 35.3 Å². The van der Waals surface area contributed by atoms with E-state index >= 15 is 0 Å². The Morgan fingerprint density at radius 1 is 0.974 bits per heavy atom. The highest BCUT2D eigenvalue weighted by atomic mass is 35.5. The maximum Gasteiger partial charge on any atom is 0.323 e. The summed E-state index contributed by atoms with van der Waals surface area (Å²) < 4.78 is 16.7. The fraction of sp³-hybridized carbons (Fsp3) is 0.333. The van der Waals surface area contributed by atoms with E-state index in [2.05, 4.69) is 0 Å². The SMILES string of the molecule is CCC[C@@](CCc1ccc(Sc2cc(OCC)ccc2OCc2ccccc2)cc1Cl)(C(=O)O)C(=O)OC. The highest BCUT2D eigenvalue weighted by molar-refractivity contribution is 7.99. The van der Waals surface area contributed by atoms with Crippen molar-refractivity contribution in [2.45, 2.75) is 55.9 Å². The molecule has 0 amide bonds. The van der Waals surface area contributed by atoms with Gasteiger partial charge in [0.2, 0.25) is 0 Å². The third-order valence-electron chi connectivity index (χ3n) is 6.20. The van der Waals surface area contributed by atoms with Gasteiger partial charge in [0, 0.05) is 9.92 Å². The summed E-state index contributed by atoms with van der Waals surface area (Å²) in [6.45, 7) is 4.77. The summed E-state index contributed by atoms with van der Waals surface area (Å²) in [7, 11) is 1.22. The molecular weight excluding hydrogens is 524 g/mol. The molecule has 0 spiro atoms. The second kappa shape index (κ2) is 14.1. The second-order valence-electron chi connectivity index (χ2n) is 8.80. The van der Waals surface area contributed by atoms with E-state index in [1.54, 1.807) is 0 Å². The highest BCUT2D eigenvalue weighted by Gasteiger charge is 2.46. The van der Waals surface area contributed by atoms with Gasteiger partial charge in [0.15, 0.2) is 5.41 Å². The number of carbonyl (C=O) groups is 2. The number of aryl methyl sites for hydroxylation is 1. The molecule has 202 valence electrons. The number of ether oxygens (including phenoxy) is 3. The van der Waals surface area contributed by atoms with E-state index in [1.807, 2.05) is 80.6 Å². The number of aliphatic carboxylic acids is 1. The van der Waals surface area contributed by atoms with Gasteiger partial charge in [-0.05, 0) is 67.6 Å². The van der Waals surface area contributed by atoms with Gasteiger partial charge in [-0.2, -0.15) is 0 Å². The molecule has 0 aliphatic rings. The lowest BCUT2D eigenvalue weighted by molar-refractivity contribution is -0.168. The molecule has 0 radical (unpaired) electrons. The van der Waals surface area contributed by atoms with Gasteiger partial charge in [-0.3, -0.25) is 9.59 Å². The van der Waals surface area contributed by atoms with Crippen LogP contribution in [0.15, 0.2) is 76.5 Å². The number of rotatable bonds is 14. The summed E-state index contributed by atoms with van der Waals surface area (Å²) in [4.78, 5) is 26.3. The Labute approximate surface area is 233 Å². The van der Waals surface area contributed by atoms with Crippen LogP contribution in [0.1, 0.15) is 44.2 Å². The van der Waals surface area contributed by atoms with Gasteiger partial charge in [-0.25, -0.2) is 0 Å². The largest absolute Gasteiger partial charge is 0.494 e. The van der Waals surface area contributed by atoms with Crippen LogP contribution >= 0.6 is 23.4 Å². The lowest BCUT2D eigenvalue weighted by Crippen LogP contribution is -2.40. The van der Waals surface area contributed by atoms with Crippen LogP contribution in [0.2, 0.25) is 5.02 Å². The van der Waals surface area contributed by atoms with E-state index in [-0.39, 0.29) is 12.8 Å². The topological polar surface area (TPSA) is 82.1 Å². The quantitative estimate of drug-likeness (QED) is 0.163. The molecule has 0 fully saturated rings. The van der Waals surface area contributed by atoms with Crippen molar-refractivity contribution in [2.75, 3.05) is 13.7 Å². The van der Waals surface area contributed by atoms with E-state index in [9.17, 15) is 14.7 Å². The fourth-order valence-electron chi connectivity index (χ4n) is 4.20. The van der Waals surface area contributed by atoms with Crippen molar-refractivity contribution in [1.29, 1.82) is 0 Å². The number of esters is 1. The lowest BCUT2D eigenvalue weighted by Gasteiger charge is -2.26. The van der Waals surface area contributed by atoms with Crippen LogP contribution in [0, 0.1) is 5.41 Å². The third-order valence-corrected chi connectivity index (χ3v) is 7.58. The minimum Gasteiger partial charge on any atom is -0.494 e. The van der Waals surface area contributed by atoms with Crippen molar-refractivity contribution in [1.82, 2.24) is 0 Å². The Hall–Kier alpha value is -3.16. The first kappa shape index (κ1) is 29.4. The molecule has 38 heavy (non-hydrogen) atoms. The monoisotopic (exact) mass is 556 g/mol. The molecule has 0 aliphatic heterocycles. The first-order valence-electron chi connectivity index (χ1n) is 12.5. The standard InChI is InChI=1S/C30H33ClO6S/c1-4-16-30(28(32)33,29(34)35-3)17-15-22-11-13-24(19-25(22)31)38-27-18-23(36-5-2)12-14-26(27)37-20-21-9-7-6-8-10-21/h6-14,18-19H,4-5,15-17,20H2,1-3H3,(H,32,33)/t30-/m1/s1. The summed E-state index contributed by atoms with van der Waals surface area (Å²) in [5.41, 5.74) is 0.243. The Kier molecular flexibility index (Phi) is 10.9. The third kappa shape index (κ3) is 7.45. The average molecular weight is 557 g/mol. The van der Waals surface area contributed by atoms with E-state index in [0.29, 0.717) is 31.1 Å². The van der Waals surface area contributed by atoms with Crippen LogP contribution in [0.5, 0.6) is 11.5 Å². The molecule has 0 bridgehead atoms. The molecule has 8 heteroatoms. The molecule has 0 saturated heterocycles. The minimum absolute atomic E-state index is 0.100. The number of hydrogen-bond donors (Lipinski definition) is 1. The molecule has 0 aromatic heterocycles. The molecule has 3 rings (SSSR count). The first-order chi connectivity index (χ1) is 18.3. The van der Waals surface area contributed by atoms with Crippen molar-refractivity contribution in [3.8, 4) is 11.5 Å². The summed E-state index contributed by atoms with van der Waals surface area (Å²) >= 11 is 8.12. The van der Waals surface area contributed by atoms with E-state index in [4.69, 9.17) is 25.8 Å². The number of methoxy groups -OCH3 is 1. The minimum atomic E-state index is -1.59. The number of benzene rings is 3. The maximum atomic E-state index is 12.4. The van der Waals surface area contributed by atoms with Crippen molar-refractivity contribution in [3.63, 3.8) is 0 Å². The van der Waals surface area contributed by atoms with Crippen molar-refractivity contribution < 1.29 is 28.9 Å². The first-order valence-corrected chi connectivity index (χ1v) is 13.7. The van der Waals surface area contributed by atoms with Crippen LogP contribution < -0.4 is 9.47 Å². The Bertz CT molecular complexity index is 1230. The molecule has 3 aromatic carbocycles. The van der Waals surface area contributed by atoms with Crippen LogP contribution in [0.4, 0.5) is 0 Å². The highest BCUT2D eigenvalue weighted by Crippen LogP contribution is 2.40. The summed E-state index contributed by atoms with van der Waals surface area (Å²) in [5.74, 6) is -0.431. The Morgan fingerprint density at radius 3 is 2.37 bits per heavy atom. The molecule has 0 aliphatic carbocycles. The number of carbonyl (C=O) groups excluding carboxylic acids is 1. The Morgan fingerprint density at radius 2 is 1.74 bits per heavy atom. The van der Waals surface area contributed by atoms with Crippen molar-refractivity contribution in [3.05, 3.63) is 82.9 Å². The Balaban J connectivity index is 1.79. The van der Waals surface area contributed by atoms with Crippen LogP contribution in [-0.4, -0.2) is 30.8 Å². The molecular formula is C30H33ClO6S. The lowest BCUT2D eigenvalue weighted by atomic mass is 9.78. The normalized spacial score (nSPS) is 12.4. The van der Waals surface area contributed by atoms with E-state index in [0.717, 1.165) is 32.4 Å². The zero-order valence-corrected chi connectivity index (χ0v) is 23.4. The van der Waals surface area contributed by atoms with Crippen LogP contribution in [0.3, 0.4) is 0 Å². The zero-order chi connectivity index (χ0) is 27.5. The van der Waals surface area contributed by atoms with E-state index < -0.39 is 17.4 Å². The van der Waals surface area contributed by atoms with Gasteiger partial charge < -0.3 is 19.3 Å². The van der Waals surface area contributed by atoms with Crippen LogP contribution in [-0.2, 0) is 27.4 Å². The number of halogens is 1. The molecule has 3 aromatic rings. The number of carboxylic acid groups (broad SMARTS) is 1. The second-order valence-corrected chi connectivity index (χ2v) is 10.3. The predicted octanol–water partition coefficient (Wildman–Crippen LogP) is 7.45. The van der Waals surface area contributed by atoms with Crippen molar-refractivity contribution in [2.24, 2.45) is 5.41 Å². The number of hydrogen-bond acceptors (Lipinski definition) is 6. The molecule has 6 nitrogen and oxygen atoms in total. The predicted molar refractivity (Wildman–Crippen MR) is 149 cm³/mol. The van der Waals surface area contributed by atoms with Gasteiger partial charge in [0.25, 0.3) is 0 Å². The maximum absolute atomic E-state index is 12.4. The molecule has 1 N–H and O–H groups in total. The smallest absolute Gasteiger partial charge is 0.323 e. The summed E-state index contributed by atoms with van der Waals surface area (Å²) in [6, 6.07) is 21.3. The molecule has 1 atom stereocenters. The summed E-state index contributed by atoms with van der Waals surface area (Å²) in [6.07, 6.45) is 1.17. The van der Waals surface area contributed by atoms with Gasteiger partial charge in [0.1, 0.15) is 18.1 Å². The summed E-state index contributed by atoms with van der Waals surface area (Å²) in [5, 5.41) is 10.4. The van der Waals surface area contributed by atoms with Gasteiger partial charge >= 0.3 is 11.9 Å². The molecule has 0 unspecified atom stereocenters. The van der Waals surface area contributed by atoms with Gasteiger partial charge in [0.05, 0.1) is 18.6 Å². The van der Waals surface area contributed by atoms with Gasteiger partial charge in [-0.1, -0.05) is 73.1 Å². The fourth-order valence-corrected chi connectivity index (χ4v) is 5.51. The van der Waals surface area contributed by atoms with Crippen LogP contribution in [0.25, 0.3) is 0 Å². The zero-order valence-electron chi connectivity index (χ0n) is 21.9. The molecule has 0 saturated carbocycles.